The zero-order chi connectivity index (χ0) is 19.7. The maximum atomic E-state index is 13.1. The second-order valence-electron chi connectivity index (χ2n) is 6.28. The van der Waals surface area contributed by atoms with Gasteiger partial charge in [0.25, 0.3) is 0 Å². The number of aromatic nitrogens is 3. The fraction of sp³-hybridized carbons (Fsp3) is 0.211. The zero-order valence-electron chi connectivity index (χ0n) is 14.9. The smallest absolute Gasteiger partial charge is 0.240 e. The predicted molar refractivity (Wildman–Crippen MR) is 108 cm³/mol. The van der Waals surface area contributed by atoms with Gasteiger partial charge in [0.15, 0.2) is 5.82 Å². The van der Waals surface area contributed by atoms with Crippen molar-refractivity contribution in [2.75, 3.05) is 10.7 Å². The van der Waals surface area contributed by atoms with Crippen molar-refractivity contribution in [3.8, 4) is 0 Å². The van der Waals surface area contributed by atoms with Gasteiger partial charge in [-0.15, -0.1) is 10.2 Å². The van der Waals surface area contributed by atoms with Gasteiger partial charge in [0, 0.05) is 17.1 Å². The minimum atomic E-state index is -0.507. The van der Waals surface area contributed by atoms with E-state index in [1.165, 1.54) is 36.0 Å². The van der Waals surface area contributed by atoms with Crippen LogP contribution < -0.4 is 10.7 Å². The molecule has 4 rings (SSSR count). The number of nitrogens with one attached hydrogen (secondary N) is 2. The van der Waals surface area contributed by atoms with E-state index in [4.69, 9.17) is 11.6 Å². The van der Waals surface area contributed by atoms with Crippen LogP contribution in [0.1, 0.15) is 24.4 Å². The zero-order valence-corrected chi connectivity index (χ0v) is 16.5. The lowest BCUT2D eigenvalue weighted by Crippen LogP contribution is -2.41. The monoisotopic (exact) mass is 417 g/mol. The number of carbonyl (C=O) groups is 1. The van der Waals surface area contributed by atoms with Crippen molar-refractivity contribution >= 4 is 35.0 Å². The molecule has 0 unspecified atom stereocenters. The second kappa shape index (κ2) is 7.81. The van der Waals surface area contributed by atoms with Gasteiger partial charge in [0.05, 0.1) is 6.04 Å². The molecule has 2 heterocycles. The average Bonchev–Trinajstić information content (AvgIpc) is 3.11. The first-order valence-electron chi connectivity index (χ1n) is 8.74. The van der Waals surface area contributed by atoms with Gasteiger partial charge in [-0.05, 0) is 42.0 Å². The standard InChI is InChI=1S/C19H17ClFN5OS/c1-2-15-23-24-19-26(15)25-16(11-3-5-12(20)6-4-11)17(28-19)18(27)22-14-9-7-13(21)8-10-14/h3-10,16-17,25H,2H2,1H3,(H,22,27)/t16-,17+/m0/s1. The number of thioether (sulfide) groups is 1. The molecule has 0 bridgehead atoms. The molecule has 1 amide bonds. The van der Waals surface area contributed by atoms with Gasteiger partial charge < -0.3 is 10.7 Å². The number of aryl methyl sites for hydroxylation is 1. The van der Waals surface area contributed by atoms with Crippen LogP contribution in [0.5, 0.6) is 0 Å². The third-order valence-corrected chi connectivity index (χ3v) is 5.89. The molecule has 2 N–H and O–H groups in total. The molecule has 2 aromatic carbocycles. The molecule has 1 aliphatic heterocycles. The van der Waals surface area contributed by atoms with Crippen molar-refractivity contribution < 1.29 is 9.18 Å². The number of fused-ring (bicyclic) bond motifs is 1. The van der Waals surface area contributed by atoms with Gasteiger partial charge in [0.1, 0.15) is 11.1 Å². The first kappa shape index (κ1) is 18.8. The van der Waals surface area contributed by atoms with E-state index < -0.39 is 5.25 Å². The molecule has 144 valence electrons. The van der Waals surface area contributed by atoms with E-state index >= 15 is 0 Å². The van der Waals surface area contributed by atoms with Crippen LogP contribution in [0.25, 0.3) is 0 Å². The SMILES string of the molecule is CCc1nnc2n1N[C@@H](c1ccc(Cl)cc1)[C@H](C(=O)Nc1ccc(F)cc1)S2. The highest BCUT2D eigenvalue weighted by atomic mass is 35.5. The maximum absolute atomic E-state index is 13.1. The van der Waals surface area contributed by atoms with Gasteiger partial charge in [-0.3, -0.25) is 4.79 Å². The minimum absolute atomic E-state index is 0.212. The molecule has 0 saturated heterocycles. The Morgan fingerprint density at radius 1 is 1.21 bits per heavy atom. The number of benzene rings is 2. The van der Waals surface area contributed by atoms with Gasteiger partial charge in [-0.2, -0.15) is 0 Å². The molecule has 28 heavy (non-hydrogen) atoms. The van der Waals surface area contributed by atoms with Crippen molar-refractivity contribution in [3.63, 3.8) is 0 Å². The largest absolute Gasteiger partial charge is 0.325 e. The maximum Gasteiger partial charge on any atom is 0.240 e. The number of hydrogen-bond donors (Lipinski definition) is 2. The first-order valence-corrected chi connectivity index (χ1v) is 10.0. The van der Waals surface area contributed by atoms with E-state index in [0.717, 1.165) is 11.4 Å². The normalized spacial score (nSPS) is 18.2. The van der Waals surface area contributed by atoms with Crippen molar-refractivity contribution in [2.45, 2.75) is 29.8 Å². The summed E-state index contributed by atoms with van der Waals surface area (Å²) in [6.45, 7) is 1.99. The van der Waals surface area contributed by atoms with Gasteiger partial charge >= 0.3 is 0 Å². The first-order chi connectivity index (χ1) is 13.5. The molecule has 0 fully saturated rings. The number of hydrogen-bond acceptors (Lipinski definition) is 5. The van der Waals surface area contributed by atoms with E-state index in [2.05, 4.69) is 20.9 Å². The highest BCUT2D eigenvalue weighted by Gasteiger charge is 2.37. The Hall–Kier alpha value is -2.58. The molecule has 1 aliphatic rings. The van der Waals surface area contributed by atoms with Crippen LogP contribution in [-0.2, 0) is 11.2 Å². The summed E-state index contributed by atoms with van der Waals surface area (Å²) in [5.74, 6) is 0.223. The minimum Gasteiger partial charge on any atom is -0.325 e. The van der Waals surface area contributed by atoms with Crippen LogP contribution >= 0.6 is 23.4 Å². The second-order valence-corrected chi connectivity index (χ2v) is 7.83. The summed E-state index contributed by atoms with van der Waals surface area (Å²) in [5, 5.41) is 12.0. The molecule has 0 aliphatic carbocycles. The number of carbonyl (C=O) groups excluding carboxylic acids is 1. The quantitative estimate of drug-likeness (QED) is 0.670. The van der Waals surface area contributed by atoms with Crippen molar-refractivity contribution in [3.05, 3.63) is 70.8 Å². The Labute approximate surface area is 170 Å². The molecule has 9 heteroatoms. The van der Waals surface area contributed by atoms with E-state index in [1.54, 1.807) is 12.1 Å². The molecular formula is C19H17ClFN5OS. The van der Waals surface area contributed by atoms with Crippen molar-refractivity contribution in [2.24, 2.45) is 0 Å². The third kappa shape index (κ3) is 3.70. The highest BCUT2D eigenvalue weighted by Crippen LogP contribution is 2.37. The fourth-order valence-corrected chi connectivity index (χ4v) is 4.22. The summed E-state index contributed by atoms with van der Waals surface area (Å²) in [6.07, 6.45) is 0.709. The van der Waals surface area contributed by atoms with E-state index in [9.17, 15) is 9.18 Å². The van der Waals surface area contributed by atoms with E-state index in [-0.39, 0.29) is 17.8 Å². The Morgan fingerprint density at radius 3 is 2.61 bits per heavy atom. The van der Waals surface area contributed by atoms with E-state index in [1.807, 2.05) is 23.7 Å². The summed E-state index contributed by atoms with van der Waals surface area (Å²) < 4.78 is 15.0. The molecule has 0 saturated carbocycles. The van der Waals surface area contributed by atoms with Gasteiger partial charge in [-0.25, -0.2) is 9.07 Å². The summed E-state index contributed by atoms with van der Waals surface area (Å²) in [7, 11) is 0. The molecule has 0 spiro atoms. The number of amides is 1. The highest BCUT2D eigenvalue weighted by molar-refractivity contribution is 8.00. The predicted octanol–water partition coefficient (Wildman–Crippen LogP) is 4.03. The molecular weight excluding hydrogens is 401 g/mol. The van der Waals surface area contributed by atoms with Crippen molar-refractivity contribution in [1.82, 2.24) is 14.9 Å². The van der Waals surface area contributed by atoms with Crippen LogP contribution in [0.2, 0.25) is 5.02 Å². The van der Waals surface area contributed by atoms with Gasteiger partial charge in [0.2, 0.25) is 11.1 Å². The summed E-state index contributed by atoms with van der Waals surface area (Å²) in [6, 6.07) is 12.7. The number of nitrogens with zero attached hydrogens (tertiary/aromatic N) is 3. The third-order valence-electron chi connectivity index (χ3n) is 4.42. The number of rotatable bonds is 4. The summed E-state index contributed by atoms with van der Waals surface area (Å²) in [5.41, 5.74) is 4.81. The Balaban J connectivity index is 1.66. The lowest BCUT2D eigenvalue weighted by Gasteiger charge is -2.33. The lowest BCUT2D eigenvalue weighted by molar-refractivity contribution is -0.116. The van der Waals surface area contributed by atoms with Crippen molar-refractivity contribution in [1.29, 1.82) is 0 Å². The Morgan fingerprint density at radius 2 is 1.93 bits per heavy atom. The average molecular weight is 418 g/mol. The van der Waals surface area contributed by atoms with Crippen LogP contribution in [0, 0.1) is 5.82 Å². The van der Waals surface area contributed by atoms with Crippen LogP contribution in [0.15, 0.2) is 53.7 Å². The molecule has 6 nitrogen and oxygen atoms in total. The molecule has 2 atom stereocenters. The topological polar surface area (TPSA) is 71.8 Å². The molecule has 1 aromatic heterocycles. The molecule has 0 radical (unpaired) electrons. The number of halogens is 2. The van der Waals surface area contributed by atoms with Crippen LogP contribution in [0.4, 0.5) is 10.1 Å². The lowest BCUT2D eigenvalue weighted by atomic mass is 10.0. The molecule has 3 aromatic rings. The van der Waals surface area contributed by atoms with E-state index in [0.29, 0.717) is 22.3 Å². The Bertz CT molecular complexity index is 993. The van der Waals surface area contributed by atoms with Crippen LogP contribution in [-0.4, -0.2) is 26.0 Å². The summed E-state index contributed by atoms with van der Waals surface area (Å²) in [4.78, 5) is 13.0. The fourth-order valence-electron chi connectivity index (χ4n) is 2.99. The Kier molecular flexibility index (Phi) is 5.23. The summed E-state index contributed by atoms with van der Waals surface area (Å²) >= 11 is 7.36. The number of anilines is 1. The van der Waals surface area contributed by atoms with Gasteiger partial charge in [-0.1, -0.05) is 42.4 Å². The van der Waals surface area contributed by atoms with Crippen LogP contribution in [0.3, 0.4) is 0 Å².